The number of fused-ring (bicyclic) bond motifs is 1. The Morgan fingerprint density at radius 3 is 2.58 bits per heavy atom. The van der Waals surface area contributed by atoms with E-state index in [2.05, 4.69) is 21.9 Å². The number of aryl methyl sites for hydroxylation is 1. The van der Waals surface area contributed by atoms with E-state index in [-0.39, 0.29) is 11.9 Å². The maximum absolute atomic E-state index is 13.0. The molecule has 4 rings (SSSR count). The van der Waals surface area contributed by atoms with Gasteiger partial charge in [-0.25, -0.2) is 9.24 Å². The largest absolute Gasteiger partial charge is 0.490 e. The van der Waals surface area contributed by atoms with Crippen LogP contribution in [0.5, 0.6) is 5.75 Å². The highest BCUT2D eigenvalue weighted by Gasteiger charge is 2.27. The van der Waals surface area contributed by atoms with Crippen molar-refractivity contribution in [2.75, 3.05) is 19.6 Å². The van der Waals surface area contributed by atoms with Crippen molar-refractivity contribution in [1.82, 2.24) is 4.90 Å². The van der Waals surface area contributed by atoms with Crippen LogP contribution in [-0.4, -0.2) is 30.6 Å². The predicted molar refractivity (Wildman–Crippen MR) is 100 cm³/mol. The number of hydrogen-bond donors (Lipinski definition) is 0. The summed E-state index contributed by atoms with van der Waals surface area (Å²) in [6.07, 6.45) is 4.51. The molecule has 0 bridgehead atoms. The lowest BCUT2D eigenvalue weighted by Crippen LogP contribution is -2.40. The Bertz CT molecular complexity index is 804. The van der Waals surface area contributed by atoms with Crippen molar-refractivity contribution in [3.63, 3.8) is 0 Å². The molecule has 1 saturated heterocycles. The third-order valence-corrected chi connectivity index (χ3v) is 5.59. The average molecular weight is 350 g/mol. The summed E-state index contributed by atoms with van der Waals surface area (Å²) in [7, 11) is 0. The van der Waals surface area contributed by atoms with E-state index in [1.165, 1.54) is 29.7 Å². The van der Waals surface area contributed by atoms with Gasteiger partial charge in [-0.2, -0.15) is 0 Å². The van der Waals surface area contributed by atoms with Crippen molar-refractivity contribution >= 4 is 5.69 Å². The zero-order valence-corrected chi connectivity index (χ0v) is 14.8. The lowest BCUT2D eigenvalue weighted by molar-refractivity contribution is 0.0969. The topological polar surface area (TPSA) is 16.8 Å². The van der Waals surface area contributed by atoms with E-state index in [0.717, 1.165) is 50.3 Å². The first-order valence-electron chi connectivity index (χ1n) is 9.36. The molecule has 134 valence electrons. The lowest BCUT2D eigenvalue weighted by atomic mass is 9.98. The molecule has 0 aromatic heterocycles. The molecule has 3 nitrogen and oxygen atoms in total. The molecule has 1 atom stereocenters. The molecule has 1 aliphatic heterocycles. The first-order chi connectivity index (χ1) is 12.7. The standard InChI is InChI=1S/C22H23FN2O/c1-24-19-6-9-22-16(14-19)2-3-17(22)15-25-12-10-21(11-13-25)26-20-7-4-18(23)5-8-20/h4-9,14,17,21H,2-3,10-13,15H2. The minimum absolute atomic E-state index is 0.216. The van der Waals surface area contributed by atoms with Gasteiger partial charge in [-0.3, -0.25) is 0 Å². The molecule has 2 aliphatic rings. The summed E-state index contributed by atoms with van der Waals surface area (Å²) in [6, 6.07) is 12.5. The molecule has 2 aromatic carbocycles. The van der Waals surface area contributed by atoms with Crippen LogP contribution in [0.1, 0.15) is 36.3 Å². The van der Waals surface area contributed by atoms with Crippen LogP contribution in [0.25, 0.3) is 4.85 Å². The van der Waals surface area contributed by atoms with E-state index < -0.39 is 0 Å². The second kappa shape index (κ2) is 7.47. The maximum Gasteiger partial charge on any atom is 0.187 e. The van der Waals surface area contributed by atoms with Crippen molar-refractivity contribution < 1.29 is 9.13 Å². The smallest absolute Gasteiger partial charge is 0.187 e. The molecule has 0 saturated carbocycles. The average Bonchev–Trinajstić information content (AvgIpc) is 3.07. The zero-order valence-electron chi connectivity index (χ0n) is 14.8. The number of rotatable bonds is 4. The minimum atomic E-state index is -0.229. The van der Waals surface area contributed by atoms with Crippen LogP contribution in [-0.2, 0) is 6.42 Å². The summed E-state index contributed by atoms with van der Waals surface area (Å²) >= 11 is 0. The first kappa shape index (κ1) is 17.1. The summed E-state index contributed by atoms with van der Waals surface area (Å²) in [6.45, 7) is 10.3. The summed E-state index contributed by atoms with van der Waals surface area (Å²) < 4.78 is 19.0. The Morgan fingerprint density at radius 2 is 1.85 bits per heavy atom. The van der Waals surface area contributed by atoms with E-state index in [0.29, 0.717) is 5.92 Å². The first-order valence-corrected chi connectivity index (χ1v) is 9.36. The quantitative estimate of drug-likeness (QED) is 0.726. The molecule has 1 aliphatic carbocycles. The highest BCUT2D eigenvalue weighted by Crippen LogP contribution is 2.36. The van der Waals surface area contributed by atoms with Crippen LogP contribution in [0, 0.1) is 12.4 Å². The number of ether oxygens (including phenoxy) is 1. The molecular formula is C22H23FN2O. The fourth-order valence-corrected chi connectivity index (χ4v) is 4.18. The lowest BCUT2D eigenvalue weighted by Gasteiger charge is -2.33. The molecule has 0 spiro atoms. The number of piperidine rings is 1. The molecule has 0 N–H and O–H groups in total. The highest BCUT2D eigenvalue weighted by molar-refractivity contribution is 5.51. The second-order valence-corrected chi connectivity index (χ2v) is 7.30. The van der Waals surface area contributed by atoms with Crippen LogP contribution in [0.2, 0.25) is 0 Å². The fraction of sp³-hybridized carbons (Fsp3) is 0.409. The zero-order chi connectivity index (χ0) is 17.9. The highest BCUT2D eigenvalue weighted by atomic mass is 19.1. The molecule has 4 heteroatoms. The minimum Gasteiger partial charge on any atom is -0.490 e. The van der Waals surface area contributed by atoms with Gasteiger partial charge in [-0.05, 0) is 61.4 Å². The van der Waals surface area contributed by atoms with Crippen LogP contribution in [0.15, 0.2) is 42.5 Å². The van der Waals surface area contributed by atoms with Gasteiger partial charge in [0.2, 0.25) is 0 Å². The molecule has 1 fully saturated rings. The van der Waals surface area contributed by atoms with Gasteiger partial charge < -0.3 is 9.64 Å². The Balaban J connectivity index is 1.30. The second-order valence-electron chi connectivity index (χ2n) is 7.30. The van der Waals surface area contributed by atoms with Gasteiger partial charge in [0.15, 0.2) is 5.69 Å². The van der Waals surface area contributed by atoms with E-state index >= 15 is 0 Å². The summed E-state index contributed by atoms with van der Waals surface area (Å²) in [5.74, 6) is 1.11. The van der Waals surface area contributed by atoms with Crippen LogP contribution in [0.4, 0.5) is 10.1 Å². The van der Waals surface area contributed by atoms with Crippen LogP contribution >= 0.6 is 0 Å². The summed E-state index contributed by atoms with van der Waals surface area (Å²) in [5.41, 5.74) is 3.54. The number of hydrogen-bond acceptors (Lipinski definition) is 2. The third-order valence-electron chi connectivity index (χ3n) is 5.59. The SMILES string of the molecule is [C-]#[N+]c1ccc2c(c1)CCC2CN1CCC(Oc2ccc(F)cc2)CC1. The monoisotopic (exact) mass is 350 g/mol. The van der Waals surface area contributed by atoms with Crippen molar-refractivity contribution in [3.05, 3.63) is 70.8 Å². The van der Waals surface area contributed by atoms with Crippen LogP contribution in [0.3, 0.4) is 0 Å². The molecule has 1 unspecified atom stereocenters. The number of halogens is 1. The van der Waals surface area contributed by atoms with Crippen LogP contribution < -0.4 is 4.74 Å². The number of likely N-dealkylation sites (tertiary alicyclic amines) is 1. The molecule has 2 aromatic rings. The summed E-state index contributed by atoms with van der Waals surface area (Å²) in [4.78, 5) is 6.08. The molecule has 26 heavy (non-hydrogen) atoms. The van der Waals surface area contributed by atoms with Gasteiger partial charge in [0.05, 0.1) is 6.57 Å². The number of nitrogens with zero attached hydrogens (tertiary/aromatic N) is 2. The molecule has 1 heterocycles. The Hall–Kier alpha value is -2.38. The van der Waals surface area contributed by atoms with Crippen molar-refractivity contribution in [3.8, 4) is 5.75 Å². The van der Waals surface area contributed by atoms with Crippen molar-refractivity contribution in [2.24, 2.45) is 0 Å². The van der Waals surface area contributed by atoms with E-state index in [1.54, 1.807) is 12.1 Å². The van der Waals surface area contributed by atoms with Crippen molar-refractivity contribution in [1.29, 1.82) is 0 Å². The Labute approximate surface area is 154 Å². The van der Waals surface area contributed by atoms with E-state index in [1.807, 2.05) is 6.07 Å². The van der Waals surface area contributed by atoms with Gasteiger partial charge in [0.25, 0.3) is 0 Å². The van der Waals surface area contributed by atoms with Gasteiger partial charge in [0, 0.05) is 19.6 Å². The van der Waals surface area contributed by atoms with E-state index in [9.17, 15) is 4.39 Å². The Morgan fingerprint density at radius 1 is 1.08 bits per heavy atom. The molecule has 0 amide bonds. The Kier molecular flexibility index (Phi) is 4.90. The predicted octanol–water partition coefficient (Wildman–Crippen LogP) is 4.95. The van der Waals surface area contributed by atoms with Gasteiger partial charge in [-0.1, -0.05) is 23.8 Å². The van der Waals surface area contributed by atoms with E-state index in [4.69, 9.17) is 11.3 Å². The van der Waals surface area contributed by atoms with Gasteiger partial charge >= 0.3 is 0 Å². The summed E-state index contributed by atoms with van der Waals surface area (Å²) in [5, 5.41) is 0. The third kappa shape index (κ3) is 3.73. The van der Waals surface area contributed by atoms with Gasteiger partial charge in [-0.15, -0.1) is 0 Å². The molecular weight excluding hydrogens is 327 g/mol. The normalized spacial score (nSPS) is 20.5. The molecule has 0 radical (unpaired) electrons. The maximum atomic E-state index is 13.0. The number of benzene rings is 2. The fourth-order valence-electron chi connectivity index (χ4n) is 4.18. The van der Waals surface area contributed by atoms with Crippen molar-refractivity contribution in [2.45, 2.75) is 37.7 Å². The van der Waals surface area contributed by atoms with Gasteiger partial charge in [0.1, 0.15) is 17.7 Å².